The van der Waals surface area contributed by atoms with E-state index in [9.17, 15) is 13.6 Å². The highest BCUT2D eigenvalue weighted by atomic mass is 19.3. The SMILES string of the molecule is C=CC(=O)Nc1cnc(OC)c(COC2CCC(F)(F)CC2)c1. The largest absolute Gasteiger partial charge is 0.481 e. The zero-order chi connectivity index (χ0) is 16.9. The fourth-order valence-electron chi connectivity index (χ4n) is 2.43. The van der Waals surface area contributed by atoms with Gasteiger partial charge in [0.05, 0.1) is 31.7 Å². The molecule has 1 aromatic heterocycles. The van der Waals surface area contributed by atoms with E-state index in [1.54, 1.807) is 6.07 Å². The minimum Gasteiger partial charge on any atom is -0.481 e. The smallest absolute Gasteiger partial charge is 0.248 e. The molecule has 0 aromatic carbocycles. The van der Waals surface area contributed by atoms with Gasteiger partial charge in [0.15, 0.2) is 0 Å². The van der Waals surface area contributed by atoms with Crippen LogP contribution in [0.25, 0.3) is 0 Å². The number of carbonyl (C=O) groups is 1. The maximum atomic E-state index is 13.1. The number of pyridine rings is 1. The Kier molecular flexibility index (Phi) is 5.65. The van der Waals surface area contributed by atoms with Gasteiger partial charge in [0, 0.05) is 18.4 Å². The normalized spacial score (nSPS) is 17.5. The second-order valence-corrected chi connectivity index (χ2v) is 5.45. The molecule has 1 N–H and O–H groups in total. The van der Waals surface area contributed by atoms with E-state index in [2.05, 4.69) is 16.9 Å². The van der Waals surface area contributed by atoms with Crippen molar-refractivity contribution >= 4 is 11.6 Å². The van der Waals surface area contributed by atoms with Crippen LogP contribution in [0.15, 0.2) is 24.9 Å². The predicted octanol–water partition coefficient (Wildman–Crippen LogP) is 3.31. The summed E-state index contributed by atoms with van der Waals surface area (Å²) in [5.74, 6) is -2.55. The highest BCUT2D eigenvalue weighted by molar-refractivity contribution is 5.98. The molecule has 7 heteroatoms. The minimum atomic E-state index is -2.58. The first-order valence-electron chi connectivity index (χ1n) is 7.39. The number of ether oxygens (including phenoxy) is 2. The zero-order valence-electron chi connectivity index (χ0n) is 13.0. The van der Waals surface area contributed by atoms with E-state index in [-0.39, 0.29) is 31.5 Å². The van der Waals surface area contributed by atoms with Crippen molar-refractivity contribution in [3.8, 4) is 5.88 Å². The Bertz CT molecular complexity index is 568. The number of anilines is 1. The molecule has 1 saturated carbocycles. The van der Waals surface area contributed by atoms with Crippen molar-refractivity contribution in [2.24, 2.45) is 0 Å². The molecule has 1 aliphatic rings. The Morgan fingerprint density at radius 1 is 1.52 bits per heavy atom. The molecule has 1 fully saturated rings. The predicted molar refractivity (Wildman–Crippen MR) is 81.6 cm³/mol. The Hall–Kier alpha value is -2.02. The summed E-state index contributed by atoms with van der Waals surface area (Å²) in [6, 6.07) is 1.69. The molecule has 0 saturated heterocycles. The van der Waals surface area contributed by atoms with Crippen molar-refractivity contribution in [3.05, 3.63) is 30.5 Å². The first kappa shape index (κ1) is 17.3. The van der Waals surface area contributed by atoms with Crippen molar-refractivity contribution in [1.29, 1.82) is 0 Å². The van der Waals surface area contributed by atoms with E-state index in [0.29, 0.717) is 30.0 Å². The molecule has 126 valence electrons. The number of carbonyl (C=O) groups excluding carboxylic acids is 1. The summed E-state index contributed by atoms with van der Waals surface area (Å²) in [6.45, 7) is 3.56. The van der Waals surface area contributed by atoms with Gasteiger partial charge in [-0.2, -0.15) is 0 Å². The maximum absolute atomic E-state index is 13.1. The molecule has 23 heavy (non-hydrogen) atoms. The van der Waals surface area contributed by atoms with Gasteiger partial charge in [-0.1, -0.05) is 6.58 Å². The number of alkyl halides is 2. The van der Waals surface area contributed by atoms with Crippen LogP contribution in [-0.2, 0) is 16.1 Å². The van der Waals surface area contributed by atoms with Crippen LogP contribution in [0.4, 0.5) is 14.5 Å². The molecule has 5 nitrogen and oxygen atoms in total. The molecule has 0 radical (unpaired) electrons. The Morgan fingerprint density at radius 3 is 2.83 bits per heavy atom. The highest BCUT2D eigenvalue weighted by Crippen LogP contribution is 2.34. The third kappa shape index (κ3) is 4.99. The molecule has 0 atom stereocenters. The molecular formula is C16H20F2N2O3. The van der Waals surface area contributed by atoms with Crippen LogP contribution in [0.1, 0.15) is 31.2 Å². The topological polar surface area (TPSA) is 60.5 Å². The highest BCUT2D eigenvalue weighted by Gasteiger charge is 2.35. The second-order valence-electron chi connectivity index (χ2n) is 5.45. The summed E-state index contributed by atoms with van der Waals surface area (Å²) < 4.78 is 37.1. The van der Waals surface area contributed by atoms with Gasteiger partial charge in [0.2, 0.25) is 17.7 Å². The maximum Gasteiger partial charge on any atom is 0.248 e. The quantitative estimate of drug-likeness (QED) is 0.815. The third-order valence-electron chi connectivity index (χ3n) is 3.71. The monoisotopic (exact) mass is 326 g/mol. The Labute approximate surface area is 133 Å². The number of rotatable bonds is 6. The van der Waals surface area contributed by atoms with E-state index in [4.69, 9.17) is 9.47 Å². The number of nitrogens with zero attached hydrogens (tertiary/aromatic N) is 1. The molecule has 0 aliphatic heterocycles. The van der Waals surface area contributed by atoms with Crippen LogP contribution < -0.4 is 10.1 Å². The van der Waals surface area contributed by atoms with Crippen LogP contribution in [0.3, 0.4) is 0 Å². The van der Waals surface area contributed by atoms with Crippen molar-refractivity contribution in [3.63, 3.8) is 0 Å². The average molecular weight is 326 g/mol. The Balaban J connectivity index is 1.99. The van der Waals surface area contributed by atoms with Gasteiger partial charge in [0.1, 0.15) is 0 Å². The van der Waals surface area contributed by atoms with E-state index < -0.39 is 5.92 Å². The number of hydrogen-bond acceptors (Lipinski definition) is 4. The number of hydrogen-bond donors (Lipinski definition) is 1. The average Bonchev–Trinajstić information content (AvgIpc) is 2.54. The lowest BCUT2D eigenvalue weighted by Gasteiger charge is -2.28. The van der Waals surface area contributed by atoms with Crippen molar-refractivity contribution in [2.45, 2.75) is 44.3 Å². The van der Waals surface area contributed by atoms with E-state index in [1.165, 1.54) is 13.3 Å². The van der Waals surface area contributed by atoms with Crippen molar-refractivity contribution in [2.75, 3.05) is 12.4 Å². The summed E-state index contributed by atoms with van der Waals surface area (Å²) in [4.78, 5) is 15.4. The molecule has 1 aliphatic carbocycles. The fraction of sp³-hybridized carbons (Fsp3) is 0.500. The fourth-order valence-corrected chi connectivity index (χ4v) is 2.43. The summed E-state index contributed by atoms with van der Waals surface area (Å²) in [5, 5.41) is 2.60. The molecule has 0 spiro atoms. The molecule has 1 amide bonds. The first-order chi connectivity index (χ1) is 10.9. The summed E-state index contributed by atoms with van der Waals surface area (Å²) in [6.07, 6.45) is 2.77. The molecule has 0 unspecified atom stereocenters. The third-order valence-corrected chi connectivity index (χ3v) is 3.71. The summed E-state index contributed by atoms with van der Waals surface area (Å²) in [7, 11) is 1.48. The van der Waals surface area contributed by atoms with E-state index >= 15 is 0 Å². The standard InChI is InChI=1S/C16H20F2N2O3/c1-3-14(21)20-12-8-11(15(22-2)19-9-12)10-23-13-4-6-16(17,18)7-5-13/h3,8-9,13H,1,4-7,10H2,2H3,(H,20,21). The minimum absolute atomic E-state index is 0.150. The first-order valence-corrected chi connectivity index (χ1v) is 7.39. The van der Waals surface area contributed by atoms with Gasteiger partial charge in [-0.05, 0) is 25.0 Å². The lowest BCUT2D eigenvalue weighted by atomic mass is 9.94. The van der Waals surface area contributed by atoms with Gasteiger partial charge < -0.3 is 14.8 Å². The Morgan fingerprint density at radius 2 is 2.22 bits per heavy atom. The van der Waals surface area contributed by atoms with Crippen LogP contribution >= 0.6 is 0 Å². The van der Waals surface area contributed by atoms with Crippen molar-refractivity contribution in [1.82, 2.24) is 4.98 Å². The zero-order valence-corrected chi connectivity index (χ0v) is 13.0. The van der Waals surface area contributed by atoms with Crippen LogP contribution in [0, 0.1) is 0 Å². The van der Waals surface area contributed by atoms with Gasteiger partial charge >= 0.3 is 0 Å². The van der Waals surface area contributed by atoms with E-state index in [1.807, 2.05) is 0 Å². The number of aromatic nitrogens is 1. The van der Waals surface area contributed by atoms with Gasteiger partial charge in [-0.3, -0.25) is 4.79 Å². The van der Waals surface area contributed by atoms with E-state index in [0.717, 1.165) is 6.08 Å². The second kappa shape index (κ2) is 7.50. The van der Waals surface area contributed by atoms with Crippen molar-refractivity contribution < 1.29 is 23.0 Å². The number of methoxy groups -OCH3 is 1. The summed E-state index contributed by atoms with van der Waals surface area (Å²) >= 11 is 0. The van der Waals surface area contributed by atoms with Crippen LogP contribution in [-0.4, -0.2) is 30.0 Å². The molecule has 0 bridgehead atoms. The van der Waals surface area contributed by atoms with Crippen LogP contribution in [0.5, 0.6) is 5.88 Å². The molecule has 1 heterocycles. The summed E-state index contributed by atoms with van der Waals surface area (Å²) in [5.41, 5.74) is 1.14. The lowest BCUT2D eigenvalue weighted by molar-refractivity contribution is -0.111. The number of halogens is 2. The van der Waals surface area contributed by atoms with Gasteiger partial charge in [-0.25, -0.2) is 13.8 Å². The number of nitrogens with one attached hydrogen (secondary N) is 1. The van der Waals surface area contributed by atoms with Gasteiger partial charge in [-0.15, -0.1) is 0 Å². The molecular weight excluding hydrogens is 306 g/mol. The van der Waals surface area contributed by atoms with Crippen LogP contribution in [0.2, 0.25) is 0 Å². The molecule has 2 rings (SSSR count). The molecule has 1 aromatic rings. The number of amides is 1. The van der Waals surface area contributed by atoms with Gasteiger partial charge in [0.25, 0.3) is 0 Å². The lowest BCUT2D eigenvalue weighted by Crippen LogP contribution is -2.29.